The second kappa shape index (κ2) is 11.9. The van der Waals surface area contributed by atoms with E-state index in [1.165, 1.54) is 73.5 Å². The van der Waals surface area contributed by atoms with Crippen molar-refractivity contribution in [2.75, 3.05) is 57.3 Å². The van der Waals surface area contributed by atoms with Crippen LogP contribution < -0.4 is 10.2 Å². The molecule has 2 heterocycles. The lowest BCUT2D eigenvalue weighted by Gasteiger charge is -2.37. The predicted octanol–water partition coefficient (Wildman–Crippen LogP) is 4.96. The molecule has 2 saturated heterocycles. The van der Waals surface area contributed by atoms with Gasteiger partial charge in [-0.2, -0.15) is 0 Å². The first kappa shape index (κ1) is 26.1. The van der Waals surface area contributed by atoms with E-state index in [4.69, 9.17) is 0 Å². The lowest BCUT2D eigenvalue weighted by molar-refractivity contribution is 0.0988. The summed E-state index contributed by atoms with van der Waals surface area (Å²) < 4.78 is 0. The molecule has 5 nitrogen and oxygen atoms in total. The van der Waals surface area contributed by atoms with Gasteiger partial charge in [-0.1, -0.05) is 37.3 Å². The van der Waals surface area contributed by atoms with Gasteiger partial charge in [0.25, 0.3) is 0 Å². The summed E-state index contributed by atoms with van der Waals surface area (Å²) in [5.74, 6) is 0.217. The first-order chi connectivity index (χ1) is 18.0. The average molecular weight is 501 g/mol. The molecule has 1 N–H and O–H groups in total. The molecule has 5 heteroatoms. The van der Waals surface area contributed by atoms with Gasteiger partial charge in [0.2, 0.25) is 0 Å². The second-order valence-corrected chi connectivity index (χ2v) is 11.3. The molecule has 2 aliphatic heterocycles. The molecular weight excluding hydrogens is 456 g/mol. The molecule has 0 aromatic heterocycles. The van der Waals surface area contributed by atoms with Crippen molar-refractivity contribution in [3.8, 4) is 0 Å². The van der Waals surface area contributed by atoms with Crippen LogP contribution in [0.2, 0.25) is 0 Å². The Morgan fingerprint density at radius 2 is 1.78 bits per heavy atom. The predicted molar refractivity (Wildman–Crippen MR) is 155 cm³/mol. The molecule has 0 amide bonds. The van der Waals surface area contributed by atoms with Crippen LogP contribution in [0.1, 0.15) is 67.1 Å². The van der Waals surface area contributed by atoms with E-state index in [1.807, 2.05) is 13.0 Å². The zero-order valence-corrected chi connectivity index (χ0v) is 23.0. The quantitative estimate of drug-likeness (QED) is 0.493. The maximum Gasteiger partial charge on any atom is 0.162 e. The van der Waals surface area contributed by atoms with Crippen LogP contribution >= 0.6 is 0 Å². The van der Waals surface area contributed by atoms with Crippen LogP contribution in [0.3, 0.4) is 0 Å². The molecule has 5 rings (SSSR count). The summed E-state index contributed by atoms with van der Waals surface area (Å²) in [5.41, 5.74) is 7.34. The van der Waals surface area contributed by atoms with Crippen molar-refractivity contribution in [3.05, 3.63) is 64.7 Å². The van der Waals surface area contributed by atoms with Gasteiger partial charge in [-0.15, -0.1) is 0 Å². The Kier molecular flexibility index (Phi) is 8.43. The zero-order valence-electron chi connectivity index (χ0n) is 23.0. The number of nitrogens with zero attached hydrogens (tertiary/aromatic N) is 3. The zero-order chi connectivity index (χ0) is 25.8. The summed E-state index contributed by atoms with van der Waals surface area (Å²) in [4.78, 5) is 19.9. The smallest absolute Gasteiger partial charge is 0.162 e. The number of hydrogen-bond acceptors (Lipinski definition) is 5. The maximum absolute atomic E-state index is 12.1. The van der Waals surface area contributed by atoms with Crippen molar-refractivity contribution in [1.29, 1.82) is 0 Å². The van der Waals surface area contributed by atoms with Gasteiger partial charge in [0.05, 0.1) is 0 Å². The minimum atomic E-state index is 0.217. The van der Waals surface area contributed by atoms with Crippen LogP contribution in [0.5, 0.6) is 0 Å². The number of allylic oxidation sites excluding steroid dienone is 1. The van der Waals surface area contributed by atoms with E-state index in [0.29, 0.717) is 18.5 Å². The number of nitrogens with one attached hydrogen (secondary N) is 1. The number of carbonyl (C=O) groups is 1. The Balaban J connectivity index is 1.10. The van der Waals surface area contributed by atoms with Crippen molar-refractivity contribution in [3.63, 3.8) is 0 Å². The highest BCUT2D eigenvalue weighted by atomic mass is 16.1. The number of fused-ring (bicyclic) bond motifs is 1. The molecule has 37 heavy (non-hydrogen) atoms. The SMILES string of the molecule is CCC(=O)c1ccc2c(c1)C=C(c1cccc(N3CCC(NCCN4CCN(C(C)C)CC4)CC3)c1)C2. The molecule has 0 unspecified atom stereocenters. The topological polar surface area (TPSA) is 38.8 Å². The van der Waals surface area contributed by atoms with Gasteiger partial charge in [0, 0.05) is 82.1 Å². The van der Waals surface area contributed by atoms with E-state index in [1.54, 1.807) is 0 Å². The first-order valence-electron chi connectivity index (χ1n) is 14.4. The molecule has 0 spiro atoms. The fourth-order valence-corrected chi connectivity index (χ4v) is 6.07. The van der Waals surface area contributed by atoms with Crippen molar-refractivity contribution in [1.82, 2.24) is 15.1 Å². The van der Waals surface area contributed by atoms with Crippen LogP contribution in [0.4, 0.5) is 5.69 Å². The molecular formula is C32H44N4O. The lowest BCUT2D eigenvalue weighted by Crippen LogP contribution is -2.51. The number of Topliss-reactive ketones (excluding diaryl/α,β-unsaturated/α-hetero) is 1. The number of rotatable bonds is 9. The van der Waals surface area contributed by atoms with E-state index >= 15 is 0 Å². The normalized spacial score (nSPS) is 19.4. The number of hydrogen-bond donors (Lipinski definition) is 1. The number of anilines is 1. The van der Waals surface area contributed by atoms with E-state index in [2.05, 4.69) is 76.3 Å². The highest BCUT2D eigenvalue weighted by molar-refractivity contribution is 5.98. The standard InChI is InChI=1S/C32H44N4O/c1-4-32(37)27-9-8-26-20-28(22-29(26)21-27)25-6-5-7-31(23-25)36-13-10-30(11-14-36)33-12-15-34-16-18-35(19-17-34)24(2)3/h5-9,21-24,30,33H,4,10-20H2,1-3H3. The lowest BCUT2D eigenvalue weighted by atomic mass is 10.00. The first-order valence-corrected chi connectivity index (χ1v) is 14.4. The molecule has 1 aliphatic carbocycles. The second-order valence-electron chi connectivity index (χ2n) is 11.3. The molecule has 2 aromatic carbocycles. The van der Waals surface area contributed by atoms with Crippen LogP contribution in [0.15, 0.2) is 42.5 Å². The molecule has 3 aliphatic rings. The fourth-order valence-electron chi connectivity index (χ4n) is 6.07. The molecule has 2 fully saturated rings. The number of piperazine rings is 1. The third-order valence-electron chi connectivity index (χ3n) is 8.57. The van der Waals surface area contributed by atoms with Gasteiger partial charge in [0.15, 0.2) is 5.78 Å². The van der Waals surface area contributed by atoms with Gasteiger partial charge in [-0.25, -0.2) is 0 Å². The van der Waals surface area contributed by atoms with Crippen LogP contribution in [-0.4, -0.2) is 80.0 Å². The largest absolute Gasteiger partial charge is 0.371 e. The number of ketones is 1. The Labute approximate surface area is 223 Å². The van der Waals surface area contributed by atoms with Gasteiger partial charge in [-0.05, 0) is 73.6 Å². The fraction of sp³-hybridized carbons (Fsp3) is 0.531. The molecule has 0 saturated carbocycles. The Morgan fingerprint density at radius 3 is 2.51 bits per heavy atom. The summed E-state index contributed by atoms with van der Waals surface area (Å²) in [7, 11) is 0. The minimum Gasteiger partial charge on any atom is -0.371 e. The minimum absolute atomic E-state index is 0.217. The Bertz CT molecular complexity index is 1110. The van der Waals surface area contributed by atoms with Crippen LogP contribution in [-0.2, 0) is 6.42 Å². The summed E-state index contributed by atoms with van der Waals surface area (Å²) >= 11 is 0. The summed E-state index contributed by atoms with van der Waals surface area (Å²) in [6.45, 7) is 15.8. The Hall–Kier alpha value is -2.47. The highest BCUT2D eigenvalue weighted by Crippen LogP contribution is 2.34. The summed E-state index contributed by atoms with van der Waals surface area (Å²) in [6.07, 6.45) is 6.18. The molecule has 0 radical (unpaired) electrons. The summed E-state index contributed by atoms with van der Waals surface area (Å²) in [6, 6.07) is 16.5. The van der Waals surface area contributed by atoms with E-state index in [0.717, 1.165) is 31.6 Å². The Morgan fingerprint density at radius 1 is 1.00 bits per heavy atom. The van der Waals surface area contributed by atoms with E-state index < -0.39 is 0 Å². The molecule has 2 aromatic rings. The number of benzene rings is 2. The van der Waals surface area contributed by atoms with E-state index in [-0.39, 0.29) is 5.78 Å². The van der Waals surface area contributed by atoms with Gasteiger partial charge < -0.3 is 10.2 Å². The van der Waals surface area contributed by atoms with Crippen LogP contribution in [0, 0.1) is 0 Å². The third kappa shape index (κ3) is 6.34. The molecule has 198 valence electrons. The average Bonchev–Trinajstić information content (AvgIpc) is 3.37. The van der Waals surface area contributed by atoms with Crippen LogP contribution in [0.25, 0.3) is 11.6 Å². The molecule has 0 atom stereocenters. The van der Waals surface area contributed by atoms with Crippen molar-refractivity contribution < 1.29 is 4.79 Å². The molecule has 0 bridgehead atoms. The van der Waals surface area contributed by atoms with Crippen molar-refractivity contribution in [2.24, 2.45) is 0 Å². The van der Waals surface area contributed by atoms with Gasteiger partial charge in [0.1, 0.15) is 0 Å². The number of carbonyl (C=O) groups excluding carboxylic acids is 1. The van der Waals surface area contributed by atoms with E-state index in [9.17, 15) is 4.79 Å². The summed E-state index contributed by atoms with van der Waals surface area (Å²) in [5, 5.41) is 3.84. The monoisotopic (exact) mass is 500 g/mol. The van der Waals surface area contributed by atoms with Gasteiger partial charge >= 0.3 is 0 Å². The third-order valence-corrected chi connectivity index (χ3v) is 8.57. The maximum atomic E-state index is 12.1. The van der Waals surface area contributed by atoms with Crippen molar-refractivity contribution in [2.45, 2.75) is 58.5 Å². The number of piperidine rings is 1. The van der Waals surface area contributed by atoms with Crippen molar-refractivity contribution >= 4 is 23.1 Å². The highest BCUT2D eigenvalue weighted by Gasteiger charge is 2.22. The van der Waals surface area contributed by atoms with Gasteiger partial charge in [-0.3, -0.25) is 14.6 Å².